The van der Waals surface area contributed by atoms with Gasteiger partial charge in [0.25, 0.3) is 0 Å². The minimum atomic E-state index is -1.39. The fourth-order valence-corrected chi connectivity index (χ4v) is 2.06. The number of anilines is 1. The molecule has 0 aromatic heterocycles. The summed E-state index contributed by atoms with van der Waals surface area (Å²) in [5.41, 5.74) is -0.476. The summed E-state index contributed by atoms with van der Waals surface area (Å²) in [5, 5.41) is 8.78. The highest BCUT2D eigenvalue weighted by Gasteiger charge is 2.13. The highest BCUT2D eigenvalue weighted by atomic mass is 32.2. The van der Waals surface area contributed by atoms with Gasteiger partial charge in [-0.2, -0.15) is 0 Å². The maximum Gasteiger partial charge on any atom is 0.155 e. The Bertz CT molecular complexity index is 399. The molecule has 0 saturated carbocycles. The monoisotopic (exact) mass is 249 g/mol. The van der Waals surface area contributed by atoms with Crippen molar-refractivity contribution in [1.82, 2.24) is 0 Å². The molecule has 0 radical (unpaired) electrons. The van der Waals surface area contributed by atoms with Crippen molar-refractivity contribution in [2.75, 3.05) is 10.5 Å². The molecule has 3 nitrogen and oxygen atoms in total. The predicted molar refractivity (Wildman–Crippen MR) is 59.2 cm³/mol. The first kappa shape index (κ1) is 13.1. The third-order valence-electron chi connectivity index (χ3n) is 1.96. The van der Waals surface area contributed by atoms with Crippen LogP contribution in [0.1, 0.15) is 18.9 Å². The van der Waals surface area contributed by atoms with Gasteiger partial charge in [0.15, 0.2) is 5.82 Å². The highest BCUT2D eigenvalue weighted by molar-refractivity contribution is 7.86. The summed E-state index contributed by atoms with van der Waals surface area (Å²) in [4.78, 5) is 0. The highest BCUT2D eigenvalue weighted by Crippen LogP contribution is 2.21. The van der Waals surface area contributed by atoms with E-state index in [-0.39, 0.29) is 5.69 Å². The number of nitrogens with one attached hydrogen (secondary N) is 1. The zero-order valence-electron chi connectivity index (χ0n) is 8.80. The van der Waals surface area contributed by atoms with Crippen molar-refractivity contribution in [2.24, 2.45) is 0 Å². The van der Waals surface area contributed by atoms with Crippen LogP contribution in [-0.2, 0) is 17.6 Å². The number of benzene rings is 1. The molecule has 90 valence electrons. The third-order valence-corrected chi connectivity index (χ3v) is 3.18. The molecule has 0 aliphatic carbocycles. The predicted octanol–water partition coefficient (Wildman–Crippen LogP) is 1.94. The number of aliphatic hydroxyl groups excluding tert-OH is 1. The molecule has 0 spiro atoms. The third kappa shape index (κ3) is 2.99. The first-order valence-corrected chi connectivity index (χ1v) is 6.14. The summed E-state index contributed by atoms with van der Waals surface area (Å²) in [6, 6.07) is 2.19. The summed E-state index contributed by atoms with van der Waals surface area (Å²) >= 11 is 0. The lowest BCUT2D eigenvalue weighted by atomic mass is 10.2. The molecule has 0 heterocycles. The van der Waals surface area contributed by atoms with Crippen LogP contribution in [0.2, 0.25) is 0 Å². The average Bonchev–Trinajstić information content (AvgIpc) is 2.23. The van der Waals surface area contributed by atoms with Crippen molar-refractivity contribution in [2.45, 2.75) is 20.0 Å². The average molecular weight is 249 g/mol. The van der Waals surface area contributed by atoms with Crippen molar-refractivity contribution in [3.8, 4) is 0 Å². The first-order chi connectivity index (χ1) is 7.60. The summed E-state index contributed by atoms with van der Waals surface area (Å²) in [6.07, 6.45) is 0.690. The molecule has 0 aliphatic heterocycles. The largest absolute Gasteiger partial charge is 0.391 e. The molecule has 2 N–H and O–H groups in total. The Hall–Kier alpha value is -1.01. The lowest BCUT2D eigenvalue weighted by Gasteiger charge is -2.09. The maximum atomic E-state index is 13.5. The van der Waals surface area contributed by atoms with Crippen LogP contribution in [0.25, 0.3) is 0 Å². The Morgan fingerprint density at radius 2 is 2.12 bits per heavy atom. The molecule has 1 aromatic carbocycles. The molecule has 1 unspecified atom stereocenters. The molecule has 0 bridgehead atoms. The van der Waals surface area contributed by atoms with Gasteiger partial charge in [-0.05, 0) is 18.6 Å². The zero-order chi connectivity index (χ0) is 12.1. The Morgan fingerprint density at radius 3 is 2.69 bits per heavy atom. The minimum absolute atomic E-state index is 0.0581. The van der Waals surface area contributed by atoms with Crippen LogP contribution in [0, 0.1) is 11.6 Å². The number of rotatable bonds is 5. The van der Waals surface area contributed by atoms with Crippen molar-refractivity contribution in [3.63, 3.8) is 0 Å². The summed E-state index contributed by atoms with van der Waals surface area (Å²) in [6.45, 7) is 1.12. The van der Waals surface area contributed by atoms with Gasteiger partial charge in [0.1, 0.15) is 16.8 Å². The summed E-state index contributed by atoms with van der Waals surface area (Å²) in [5.74, 6) is -1.33. The fraction of sp³-hybridized carbons (Fsp3) is 0.400. The van der Waals surface area contributed by atoms with Crippen LogP contribution >= 0.6 is 0 Å². The Morgan fingerprint density at radius 1 is 1.44 bits per heavy atom. The van der Waals surface area contributed by atoms with E-state index in [1.807, 2.05) is 6.92 Å². The van der Waals surface area contributed by atoms with Gasteiger partial charge in [-0.15, -0.1) is 0 Å². The van der Waals surface area contributed by atoms with Crippen LogP contribution in [0.15, 0.2) is 12.1 Å². The summed E-state index contributed by atoms with van der Waals surface area (Å²) < 4.78 is 40.3. The lowest BCUT2D eigenvalue weighted by Crippen LogP contribution is -2.10. The topological polar surface area (TPSA) is 49.3 Å². The number of hydrogen-bond donors (Lipinski definition) is 2. The molecule has 0 fully saturated rings. The van der Waals surface area contributed by atoms with E-state index in [0.717, 1.165) is 12.1 Å². The molecule has 0 aliphatic rings. The standard InChI is InChI=1S/C10H13F2NO2S/c1-2-5-16(15)13-9-4-3-8(11)7(6-14)10(9)12/h3-4,13-14H,2,5-6H2,1H3. The van der Waals surface area contributed by atoms with Crippen LogP contribution < -0.4 is 4.72 Å². The quantitative estimate of drug-likeness (QED) is 0.838. The van der Waals surface area contributed by atoms with Crippen molar-refractivity contribution in [3.05, 3.63) is 29.3 Å². The van der Waals surface area contributed by atoms with Gasteiger partial charge >= 0.3 is 0 Å². The van der Waals surface area contributed by atoms with Crippen molar-refractivity contribution >= 4 is 16.7 Å². The Kier molecular flexibility index (Phi) is 4.82. The molecule has 6 heteroatoms. The molecular weight excluding hydrogens is 236 g/mol. The van der Waals surface area contributed by atoms with Crippen molar-refractivity contribution in [1.29, 1.82) is 0 Å². The Balaban J connectivity index is 2.93. The van der Waals surface area contributed by atoms with Crippen LogP contribution in [0.3, 0.4) is 0 Å². The maximum absolute atomic E-state index is 13.5. The van der Waals surface area contributed by atoms with Gasteiger partial charge in [0, 0.05) is 5.75 Å². The SMILES string of the molecule is CCCS(=O)Nc1ccc(F)c(CO)c1F. The molecule has 0 amide bonds. The van der Waals surface area contributed by atoms with E-state index in [9.17, 15) is 13.0 Å². The van der Waals surface area contributed by atoms with E-state index in [2.05, 4.69) is 4.72 Å². The smallest absolute Gasteiger partial charge is 0.155 e. The normalized spacial score (nSPS) is 12.5. The van der Waals surface area contributed by atoms with Crippen LogP contribution in [0.4, 0.5) is 14.5 Å². The second-order valence-electron chi connectivity index (χ2n) is 3.20. The van der Waals surface area contributed by atoms with E-state index in [4.69, 9.17) is 5.11 Å². The minimum Gasteiger partial charge on any atom is -0.391 e. The number of aliphatic hydroxyl groups is 1. The molecule has 1 atom stereocenters. The van der Waals surface area contributed by atoms with E-state index in [1.165, 1.54) is 0 Å². The summed E-state index contributed by atoms with van der Waals surface area (Å²) in [7, 11) is -1.39. The van der Waals surface area contributed by atoms with Crippen LogP contribution in [-0.4, -0.2) is 15.1 Å². The number of halogens is 2. The fourth-order valence-electron chi connectivity index (χ4n) is 1.18. The lowest BCUT2D eigenvalue weighted by molar-refractivity contribution is 0.269. The van der Waals surface area contributed by atoms with Gasteiger partial charge in [-0.1, -0.05) is 6.92 Å². The molecule has 1 rings (SSSR count). The van der Waals surface area contributed by atoms with Gasteiger partial charge in [-0.3, -0.25) is 0 Å². The van der Waals surface area contributed by atoms with E-state index >= 15 is 0 Å². The number of hydrogen-bond acceptors (Lipinski definition) is 2. The first-order valence-electron chi connectivity index (χ1n) is 4.83. The van der Waals surface area contributed by atoms with Gasteiger partial charge < -0.3 is 9.83 Å². The molecule has 1 aromatic rings. The van der Waals surface area contributed by atoms with Gasteiger partial charge in [0.2, 0.25) is 0 Å². The van der Waals surface area contributed by atoms with E-state index in [0.29, 0.717) is 12.2 Å². The molecular formula is C10H13F2NO2S. The van der Waals surface area contributed by atoms with E-state index in [1.54, 1.807) is 0 Å². The molecule has 0 saturated heterocycles. The zero-order valence-corrected chi connectivity index (χ0v) is 9.61. The van der Waals surface area contributed by atoms with Gasteiger partial charge in [-0.25, -0.2) is 13.0 Å². The molecule has 16 heavy (non-hydrogen) atoms. The second-order valence-corrected chi connectivity index (χ2v) is 4.50. The van der Waals surface area contributed by atoms with Crippen molar-refractivity contribution < 1.29 is 18.1 Å². The van der Waals surface area contributed by atoms with E-state index < -0.39 is 34.8 Å². The van der Waals surface area contributed by atoms with Gasteiger partial charge in [0.05, 0.1) is 17.9 Å². The second kappa shape index (κ2) is 5.91. The van der Waals surface area contributed by atoms with Crippen LogP contribution in [0.5, 0.6) is 0 Å². The Labute approximate surface area is 95.1 Å².